The molecule has 3 heterocycles. The van der Waals surface area contributed by atoms with Crippen molar-refractivity contribution in [2.45, 2.75) is 37.6 Å². The van der Waals surface area contributed by atoms with Crippen molar-refractivity contribution in [2.24, 2.45) is 0 Å². The van der Waals surface area contributed by atoms with E-state index in [1.54, 1.807) is 18.3 Å². The number of piperazine rings is 1. The lowest BCUT2D eigenvalue weighted by Crippen LogP contribution is -2.51. The Labute approximate surface area is 187 Å². The fraction of sp³-hybridized carbons (Fsp3) is 0.370. The van der Waals surface area contributed by atoms with Gasteiger partial charge < -0.3 is 9.32 Å². The van der Waals surface area contributed by atoms with Crippen LogP contribution in [0.2, 0.25) is 0 Å². The maximum absolute atomic E-state index is 14.2. The molecule has 164 valence electrons. The molecule has 6 rings (SSSR count). The molecule has 2 aromatic heterocycles. The number of benzene rings is 2. The molecule has 0 N–H and O–H groups in total. The average Bonchev–Trinajstić information content (AvgIpc) is 3.28. The van der Waals surface area contributed by atoms with Crippen LogP contribution >= 0.6 is 0 Å². The molecule has 2 fully saturated rings. The number of hydrogen-bond acceptors (Lipinski definition) is 4. The predicted octanol–water partition coefficient (Wildman–Crippen LogP) is 5.97. The largest absolute Gasteiger partial charge is 0.461 e. The second kappa shape index (κ2) is 8.21. The molecule has 0 bridgehead atoms. The van der Waals surface area contributed by atoms with Crippen molar-refractivity contribution in [1.29, 1.82) is 0 Å². The topological polar surface area (TPSA) is 32.5 Å². The molecule has 2 aromatic carbocycles. The molecule has 0 radical (unpaired) electrons. The molecule has 4 nitrogen and oxygen atoms in total. The van der Waals surface area contributed by atoms with E-state index >= 15 is 0 Å². The van der Waals surface area contributed by atoms with Crippen LogP contribution in [-0.2, 0) is 0 Å². The maximum Gasteiger partial charge on any atom is 0.134 e. The summed E-state index contributed by atoms with van der Waals surface area (Å²) in [7, 11) is 0. The first-order valence-electron chi connectivity index (χ1n) is 11.8. The maximum atomic E-state index is 14.2. The van der Waals surface area contributed by atoms with Crippen molar-refractivity contribution in [3.05, 3.63) is 72.4 Å². The Balaban J connectivity index is 1.09. The predicted molar refractivity (Wildman–Crippen MR) is 127 cm³/mol. The third-order valence-corrected chi connectivity index (χ3v) is 7.36. The summed E-state index contributed by atoms with van der Waals surface area (Å²) in [5.41, 5.74) is 2.82. The summed E-state index contributed by atoms with van der Waals surface area (Å²) >= 11 is 0. The highest BCUT2D eigenvalue weighted by Gasteiger charge is 2.30. The fourth-order valence-electron chi connectivity index (χ4n) is 5.64. The Morgan fingerprint density at radius 1 is 0.844 bits per heavy atom. The van der Waals surface area contributed by atoms with Gasteiger partial charge in [-0.1, -0.05) is 24.3 Å². The van der Waals surface area contributed by atoms with Crippen LogP contribution in [0.1, 0.15) is 37.4 Å². The number of nitrogens with zero attached hydrogens (tertiary/aromatic N) is 3. The summed E-state index contributed by atoms with van der Waals surface area (Å²) in [4.78, 5) is 9.47. The Morgan fingerprint density at radius 3 is 2.44 bits per heavy atom. The second-order valence-corrected chi connectivity index (χ2v) is 9.22. The van der Waals surface area contributed by atoms with Gasteiger partial charge >= 0.3 is 0 Å². The van der Waals surface area contributed by atoms with Crippen molar-refractivity contribution in [2.75, 3.05) is 31.1 Å². The number of hydrogen-bond donors (Lipinski definition) is 0. The van der Waals surface area contributed by atoms with Crippen LogP contribution in [0.4, 0.5) is 10.1 Å². The number of rotatable bonds is 3. The Morgan fingerprint density at radius 2 is 1.62 bits per heavy atom. The van der Waals surface area contributed by atoms with Crippen molar-refractivity contribution >= 4 is 27.6 Å². The summed E-state index contributed by atoms with van der Waals surface area (Å²) in [5, 5.41) is 2.08. The number of fused-ring (bicyclic) bond motifs is 2. The quantitative estimate of drug-likeness (QED) is 0.402. The molecule has 5 heteroatoms. The lowest BCUT2D eigenvalue weighted by molar-refractivity contribution is 0.138. The summed E-state index contributed by atoms with van der Waals surface area (Å²) in [6, 6.07) is 18.2. The third kappa shape index (κ3) is 3.65. The van der Waals surface area contributed by atoms with Crippen LogP contribution in [0.25, 0.3) is 21.9 Å². The van der Waals surface area contributed by atoms with E-state index in [0.29, 0.717) is 12.0 Å². The smallest absolute Gasteiger partial charge is 0.134 e. The fourth-order valence-corrected chi connectivity index (χ4v) is 5.64. The molecule has 4 aromatic rings. The standard InChI is InChI=1S/C27H28FN3O/c28-22-16-21-5-3-11-29-27(21)24(18-22)31-14-12-30(13-15-31)23-9-7-19(8-10-23)26-17-20-4-1-2-6-25(20)32-26/h1-6,11,16-19,23H,7-10,12-15H2. The van der Waals surface area contributed by atoms with Gasteiger partial charge in [0.05, 0.1) is 11.2 Å². The van der Waals surface area contributed by atoms with Gasteiger partial charge in [0.1, 0.15) is 17.2 Å². The molecule has 2 aliphatic rings. The van der Waals surface area contributed by atoms with E-state index in [2.05, 4.69) is 39.0 Å². The van der Waals surface area contributed by atoms with E-state index in [4.69, 9.17) is 4.42 Å². The molecule has 0 unspecified atom stereocenters. The monoisotopic (exact) mass is 429 g/mol. The third-order valence-electron chi connectivity index (χ3n) is 7.36. The van der Waals surface area contributed by atoms with Gasteiger partial charge in [-0.05, 0) is 56.0 Å². The Bertz CT molecular complexity index is 1200. The van der Waals surface area contributed by atoms with Crippen LogP contribution in [0, 0.1) is 5.82 Å². The highest BCUT2D eigenvalue weighted by molar-refractivity contribution is 5.90. The minimum Gasteiger partial charge on any atom is -0.461 e. The van der Waals surface area contributed by atoms with E-state index in [-0.39, 0.29) is 5.82 Å². The number of para-hydroxylation sites is 1. The molecule has 32 heavy (non-hydrogen) atoms. The SMILES string of the molecule is Fc1cc(N2CCN(C3CCC(c4cc5ccccc5o4)CC3)CC2)c2ncccc2c1. The van der Waals surface area contributed by atoms with Crippen LogP contribution in [-0.4, -0.2) is 42.1 Å². The van der Waals surface area contributed by atoms with Gasteiger partial charge in [0.2, 0.25) is 0 Å². The molecule has 0 spiro atoms. The van der Waals surface area contributed by atoms with E-state index < -0.39 is 0 Å². The van der Waals surface area contributed by atoms with Crippen molar-refractivity contribution in [3.63, 3.8) is 0 Å². The molecule has 1 aliphatic heterocycles. The normalized spacial score (nSPS) is 22.6. The summed E-state index contributed by atoms with van der Waals surface area (Å²) in [6.45, 7) is 3.87. The van der Waals surface area contributed by atoms with Crippen molar-refractivity contribution < 1.29 is 8.81 Å². The number of halogens is 1. The van der Waals surface area contributed by atoms with Gasteiger partial charge in [-0.15, -0.1) is 0 Å². The van der Waals surface area contributed by atoms with E-state index in [1.807, 2.05) is 18.2 Å². The van der Waals surface area contributed by atoms with E-state index in [1.165, 1.54) is 31.1 Å². The zero-order valence-electron chi connectivity index (χ0n) is 18.2. The van der Waals surface area contributed by atoms with Crippen LogP contribution < -0.4 is 4.90 Å². The van der Waals surface area contributed by atoms with Crippen LogP contribution in [0.15, 0.2) is 65.2 Å². The van der Waals surface area contributed by atoms with E-state index in [0.717, 1.165) is 54.1 Å². The van der Waals surface area contributed by atoms with Crippen LogP contribution in [0.5, 0.6) is 0 Å². The van der Waals surface area contributed by atoms with Gasteiger partial charge in [-0.2, -0.15) is 0 Å². The average molecular weight is 430 g/mol. The van der Waals surface area contributed by atoms with Crippen molar-refractivity contribution in [1.82, 2.24) is 9.88 Å². The number of furan rings is 1. The first-order chi connectivity index (χ1) is 15.7. The minimum atomic E-state index is -0.188. The molecule has 0 atom stereocenters. The molecule has 1 saturated heterocycles. The summed E-state index contributed by atoms with van der Waals surface area (Å²) < 4.78 is 20.3. The molecular weight excluding hydrogens is 401 g/mol. The summed E-state index contributed by atoms with van der Waals surface area (Å²) in [5.74, 6) is 1.50. The van der Waals surface area contributed by atoms with Gasteiger partial charge in [0, 0.05) is 55.1 Å². The molecular formula is C27H28FN3O. The minimum absolute atomic E-state index is 0.188. The van der Waals surface area contributed by atoms with Gasteiger partial charge in [-0.25, -0.2) is 4.39 Å². The zero-order chi connectivity index (χ0) is 21.5. The number of aromatic nitrogens is 1. The lowest BCUT2D eigenvalue weighted by Gasteiger charge is -2.42. The zero-order valence-corrected chi connectivity index (χ0v) is 18.2. The first kappa shape index (κ1) is 19.7. The molecule has 1 aliphatic carbocycles. The van der Waals surface area contributed by atoms with Crippen molar-refractivity contribution in [3.8, 4) is 0 Å². The summed E-state index contributed by atoms with van der Waals surface area (Å²) in [6.07, 6.45) is 6.59. The Hall–Kier alpha value is -2.92. The highest BCUT2D eigenvalue weighted by Crippen LogP contribution is 2.37. The second-order valence-electron chi connectivity index (χ2n) is 9.22. The molecule has 1 saturated carbocycles. The lowest BCUT2D eigenvalue weighted by atomic mass is 9.83. The van der Waals surface area contributed by atoms with Gasteiger partial charge in [-0.3, -0.25) is 9.88 Å². The first-order valence-corrected chi connectivity index (χ1v) is 11.8. The van der Waals surface area contributed by atoms with Gasteiger partial charge in [0.25, 0.3) is 0 Å². The Kier molecular flexibility index (Phi) is 5.07. The number of anilines is 1. The van der Waals surface area contributed by atoms with E-state index in [9.17, 15) is 4.39 Å². The van der Waals surface area contributed by atoms with Gasteiger partial charge in [0.15, 0.2) is 0 Å². The van der Waals surface area contributed by atoms with Crippen LogP contribution in [0.3, 0.4) is 0 Å². The number of pyridine rings is 1. The molecule has 0 amide bonds. The highest BCUT2D eigenvalue weighted by atomic mass is 19.1.